The van der Waals surface area contributed by atoms with Crippen molar-refractivity contribution in [3.63, 3.8) is 0 Å². The SMILES string of the molecule is COc1cccc(OC)c1CC(=N)N. The van der Waals surface area contributed by atoms with Gasteiger partial charge in [-0.3, -0.25) is 5.41 Å². The van der Waals surface area contributed by atoms with Crippen molar-refractivity contribution >= 4 is 5.84 Å². The van der Waals surface area contributed by atoms with Crippen molar-refractivity contribution in [2.75, 3.05) is 14.2 Å². The number of benzene rings is 1. The number of hydrogen-bond acceptors (Lipinski definition) is 3. The van der Waals surface area contributed by atoms with E-state index in [4.69, 9.17) is 20.6 Å². The van der Waals surface area contributed by atoms with Crippen molar-refractivity contribution < 1.29 is 9.47 Å². The Labute approximate surface area is 83.1 Å². The van der Waals surface area contributed by atoms with Crippen molar-refractivity contribution in [1.82, 2.24) is 0 Å². The van der Waals surface area contributed by atoms with Gasteiger partial charge in [0.25, 0.3) is 0 Å². The Morgan fingerprint density at radius 2 is 1.79 bits per heavy atom. The third-order valence-electron chi connectivity index (χ3n) is 1.90. The Balaban J connectivity index is 3.12. The monoisotopic (exact) mass is 194 g/mol. The van der Waals surface area contributed by atoms with Gasteiger partial charge in [0, 0.05) is 12.0 Å². The molecule has 0 atom stereocenters. The molecule has 1 rings (SSSR count). The Hall–Kier alpha value is -1.71. The summed E-state index contributed by atoms with van der Waals surface area (Å²) in [6.07, 6.45) is 0.340. The smallest absolute Gasteiger partial charge is 0.126 e. The van der Waals surface area contributed by atoms with Crippen LogP contribution in [0.5, 0.6) is 11.5 Å². The lowest BCUT2D eigenvalue weighted by Crippen LogP contribution is -2.14. The fourth-order valence-corrected chi connectivity index (χ4v) is 1.29. The minimum absolute atomic E-state index is 0.0906. The van der Waals surface area contributed by atoms with Gasteiger partial charge in [0.15, 0.2) is 0 Å². The number of rotatable bonds is 4. The molecule has 3 N–H and O–H groups in total. The molecule has 0 amide bonds. The predicted molar refractivity (Wildman–Crippen MR) is 55.2 cm³/mol. The van der Waals surface area contributed by atoms with E-state index in [2.05, 4.69) is 0 Å². The van der Waals surface area contributed by atoms with Gasteiger partial charge in [-0.2, -0.15) is 0 Å². The van der Waals surface area contributed by atoms with Crippen LogP contribution < -0.4 is 15.2 Å². The first-order valence-electron chi connectivity index (χ1n) is 4.21. The van der Waals surface area contributed by atoms with E-state index in [1.54, 1.807) is 14.2 Å². The van der Waals surface area contributed by atoms with Crippen LogP contribution >= 0.6 is 0 Å². The standard InChI is InChI=1S/C10H14N2O2/c1-13-8-4-3-5-9(14-2)7(8)6-10(11)12/h3-5H,6H2,1-2H3,(H3,11,12). The summed E-state index contributed by atoms with van der Waals surface area (Å²) in [4.78, 5) is 0. The highest BCUT2D eigenvalue weighted by Crippen LogP contribution is 2.28. The minimum atomic E-state index is 0.0906. The van der Waals surface area contributed by atoms with Crippen LogP contribution in [0.1, 0.15) is 5.56 Å². The second-order valence-corrected chi connectivity index (χ2v) is 2.84. The zero-order chi connectivity index (χ0) is 10.6. The number of ether oxygens (including phenoxy) is 2. The molecule has 1 aromatic rings. The molecule has 0 bridgehead atoms. The summed E-state index contributed by atoms with van der Waals surface area (Å²) in [6, 6.07) is 5.48. The molecule has 0 aliphatic heterocycles. The van der Waals surface area contributed by atoms with Gasteiger partial charge in [0.05, 0.1) is 20.1 Å². The third kappa shape index (κ3) is 2.16. The first-order chi connectivity index (χ1) is 6.69. The summed E-state index contributed by atoms with van der Waals surface area (Å²) in [6.45, 7) is 0. The number of methoxy groups -OCH3 is 2. The summed E-state index contributed by atoms with van der Waals surface area (Å²) < 4.78 is 10.3. The maximum atomic E-state index is 7.24. The van der Waals surface area contributed by atoms with E-state index in [0.717, 1.165) is 5.56 Å². The fraction of sp³-hybridized carbons (Fsp3) is 0.300. The van der Waals surface area contributed by atoms with E-state index in [0.29, 0.717) is 17.9 Å². The number of amidine groups is 1. The molecular weight excluding hydrogens is 180 g/mol. The number of nitrogens with two attached hydrogens (primary N) is 1. The second kappa shape index (κ2) is 4.50. The summed E-state index contributed by atoms with van der Waals surface area (Å²) >= 11 is 0. The Morgan fingerprint density at radius 1 is 1.29 bits per heavy atom. The van der Waals surface area contributed by atoms with E-state index in [9.17, 15) is 0 Å². The van der Waals surface area contributed by atoms with Crippen LogP contribution in [0.15, 0.2) is 18.2 Å². The topological polar surface area (TPSA) is 68.3 Å². The van der Waals surface area contributed by atoms with Gasteiger partial charge in [-0.05, 0) is 12.1 Å². The maximum absolute atomic E-state index is 7.24. The molecule has 14 heavy (non-hydrogen) atoms. The fourth-order valence-electron chi connectivity index (χ4n) is 1.29. The van der Waals surface area contributed by atoms with E-state index in [1.807, 2.05) is 18.2 Å². The summed E-state index contributed by atoms with van der Waals surface area (Å²) in [5.74, 6) is 1.48. The highest BCUT2D eigenvalue weighted by molar-refractivity contribution is 5.81. The molecule has 0 aromatic heterocycles. The Bertz CT molecular complexity index is 315. The Kier molecular flexibility index (Phi) is 3.34. The predicted octanol–water partition coefficient (Wildman–Crippen LogP) is 1.18. The zero-order valence-electron chi connectivity index (χ0n) is 8.33. The molecule has 76 valence electrons. The normalized spacial score (nSPS) is 9.57. The summed E-state index contributed by atoms with van der Waals surface area (Å²) in [5.41, 5.74) is 6.15. The van der Waals surface area contributed by atoms with Crippen LogP contribution in [-0.4, -0.2) is 20.1 Å². The van der Waals surface area contributed by atoms with Gasteiger partial charge in [0.2, 0.25) is 0 Å². The molecule has 0 heterocycles. The second-order valence-electron chi connectivity index (χ2n) is 2.84. The van der Waals surface area contributed by atoms with Crippen molar-refractivity contribution in [3.05, 3.63) is 23.8 Å². The first kappa shape index (κ1) is 10.4. The van der Waals surface area contributed by atoms with Crippen LogP contribution in [0, 0.1) is 5.41 Å². The van der Waals surface area contributed by atoms with Crippen molar-refractivity contribution in [1.29, 1.82) is 5.41 Å². The van der Waals surface area contributed by atoms with Crippen LogP contribution in [-0.2, 0) is 6.42 Å². The molecule has 4 nitrogen and oxygen atoms in total. The van der Waals surface area contributed by atoms with Gasteiger partial charge >= 0.3 is 0 Å². The van der Waals surface area contributed by atoms with Gasteiger partial charge in [-0.1, -0.05) is 6.07 Å². The summed E-state index contributed by atoms with van der Waals surface area (Å²) in [5, 5.41) is 7.24. The molecule has 0 spiro atoms. The van der Waals surface area contributed by atoms with E-state index in [-0.39, 0.29) is 5.84 Å². The quantitative estimate of drug-likeness (QED) is 0.558. The lowest BCUT2D eigenvalue weighted by molar-refractivity contribution is 0.387. The molecule has 0 saturated heterocycles. The van der Waals surface area contributed by atoms with Gasteiger partial charge < -0.3 is 15.2 Å². The molecule has 0 unspecified atom stereocenters. The van der Waals surface area contributed by atoms with Crippen molar-refractivity contribution in [3.8, 4) is 11.5 Å². The highest BCUT2D eigenvalue weighted by Gasteiger charge is 2.10. The largest absolute Gasteiger partial charge is 0.496 e. The van der Waals surface area contributed by atoms with E-state index < -0.39 is 0 Å². The maximum Gasteiger partial charge on any atom is 0.126 e. The molecule has 1 aromatic carbocycles. The minimum Gasteiger partial charge on any atom is -0.496 e. The van der Waals surface area contributed by atoms with Crippen LogP contribution in [0.2, 0.25) is 0 Å². The van der Waals surface area contributed by atoms with Gasteiger partial charge in [-0.25, -0.2) is 0 Å². The van der Waals surface area contributed by atoms with Gasteiger partial charge in [0.1, 0.15) is 11.5 Å². The van der Waals surface area contributed by atoms with Crippen LogP contribution in [0.25, 0.3) is 0 Å². The number of nitrogens with one attached hydrogen (secondary N) is 1. The molecular formula is C10H14N2O2. The van der Waals surface area contributed by atoms with Gasteiger partial charge in [-0.15, -0.1) is 0 Å². The van der Waals surface area contributed by atoms with Crippen LogP contribution in [0.4, 0.5) is 0 Å². The third-order valence-corrected chi connectivity index (χ3v) is 1.90. The lowest BCUT2D eigenvalue weighted by Gasteiger charge is -2.11. The molecule has 0 aliphatic rings. The molecule has 4 heteroatoms. The molecule has 0 aliphatic carbocycles. The number of hydrogen-bond donors (Lipinski definition) is 2. The average Bonchev–Trinajstić information content (AvgIpc) is 2.17. The molecule has 0 radical (unpaired) electrons. The van der Waals surface area contributed by atoms with E-state index in [1.165, 1.54) is 0 Å². The van der Waals surface area contributed by atoms with Crippen LogP contribution in [0.3, 0.4) is 0 Å². The zero-order valence-corrected chi connectivity index (χ0v) is 8.33. The first-order valence-corrected chi connectivity index (χ1v) is 4.21. The summed E-state index contributed by atoms with van der Waals surface area (Å²) in [7, 11) is 3.16. The van der Waals surface area contributed by atoms with Crippen molar-refractivity contribution in [2.45, 2.75) is 6.42 Å². The lowest BCUT2D eigenvalue weighted by atomic mass is 10.1. The molecule has 0 saturated carbocycles. The highest BCUT2D eigenvalue weighted by atomic mass is 16.5. The van der Waals surface area contributed by atoms with E-state index >= 15 is 0 Å². The molecule has 0 fully saturated rings. The average molecular weight is 194 g/mol. The van der Waals surface area contributed by atoms with Crippen molar-refractivity contribution in [2.24, 2.45) is 5.73 Å². The Morgan fingerprint density at radius 3 is 2.14 bits per heavy atom.